The molecule has 79 heavy (non-hydrogen) atoms. The number of aliphatic hydroxyl groups excluding tert-OH is 5. The zero-order chi connectivity index (χ0) is 57.2. The van der Waals surface area contributed by atoms with Crippen molar-refractivity contribution in [1.29, 1.82) is 0 Å². The number of hydrogen-bond donors (Lipinski definition) is 6. The lowest BCUT2D eigenvalue weighted by Crippen LogP contribution is -2.60. The molecule has 0 saturated carbocycles. The second-order valence-electron chi connectivity index (χ2n) is 24.7. The Kier molecular flexibility index (Phi) is 57.3. The Bertz CT molecular complexity index is 1300. The number of unbranched alkanes of at least 4 members (excludes halogenated alkanes) is 48. The lowest BCUT2D eigenvalue weighted by Gasteiger charge is -2.40. The Hall–Kier alpha value is -1.33. The minimum Gasteiger partial charge on any atom is -0.394 e. The van der Waals surface area contributed by atoms with Gasteiger partial charge in [-0.05, 0) is 44.9 Å². The van der Waals surface area contributed by atoms with Gasteiger partial charge in [-0.2, -0.15) is 0 Å². The summed E-state index contributed by atoms with van der Waals surface area (Å²) < 4.78 is 11.4. The quantitative estimate of drug-likeness (QED) is 0.0261. The first-order valence-corrected chi connectivity index (χ1v) is 35.0. The number of hydrogen-bond acceptors (Lipinski definition) is 8. The van der Waals surface area contributed by atoms with Crippen LogP contribution in [0.4, 0.5) is 0 Å². The normalized spacial score (nSPS) is 18.6. The second kappa shape index (κ2) is 59.8. The van der Waals surface area contributed by atoms with Gasteiger partial charge in [-0.1, -0.05) is 334 Å². The monoisotopic (exact) mass is 1120 g/mol. The van der Waals surface area contributed by atoms with E-state index in [2.05, 4.69) is 43.5 Å². The SMILES string of the molecule is CCCCCCC/C=C\C/C=C\CCCCCCCCCCCCCCCC(=O)NC(COC1OC(CO)C(O)C(O)C1O)C(O)CCCCCCCCCCCCCCCCCCCCCCCCCCCCCCCCC. The van der Waals surface area contributed by atoms with Crippen molar-refractivity contribution in [3.8, 4) is 0 Å². The van der Waals surface area contributed by atoms with Crippen LogP contribution in [-0.2, 0) is 14.3 Å². The van der Waals surface area contributed by atoms with E-state index in [4.69, 9.17) is 9.47 Å². The van der Waals surface area contributed by atoms with Crippen LogP contribution in [0, 0.1) is 0 Å². The summed E-state index contributed by atoms with van der Waals surface area (Å²) in [5.74, 6) is -0.139. The van der Waals surface area contributed by atoms with Crippen LogP contribution in [0.5, 0.6) is 0 Å². The van der Waals surface area contributed by atoms with Crippen LogP contribution in [0.25, 0.3) is 0 Å². The number of ether oxygens (including phenoxy) is 2. The minimum absolute atomic E-state index is 0.134. The highest BCUT2D eigenvalue weighted by Gasteiger charge is 2.44. The summed E-state index contributed by atoms with van der Waals surface area (Å²) in [5, 5.41) is 54.9. The van der Waals surface area contributed by atoms with Gasteiger partial charge >= 0.3 is 0 Å². The van der Waals surface area contributed by atoms with Crippen LogP contribution < -0.4 is 5.32 Å². The molecule has 7 unspecified atom stereocenters. The molecule has 1 fully saturated rings. The summed E-state index contributed by atoms with van der Waals surface area (Å²) in [4.78, 5) is 13.1. The van der Waals surface area contributed by atoms with Crippen molar-refractivity contribution in [2.24, 2.45) is 0 Å². The first-order valence-electron chi connectivity index (χ1n) is 35.0. The molecule has 0 spiro atoms. The van der Waals surface area contributed by atoms with E-state index in [9.17, 15) is 30.3 Å². The van der Waals surface area contributed by atoms with Gasteiger partial charge in [-0.15, -0.1) is 0 Å². The van der Waals surface area contributed by atoms with E-state index in [1.165, 1.54) is 289 Å². The van der Waals surface area contributed by atoms with Crippen molar-refractivity contribution in [3.63, 3.8) is 0 Å². The number of nitrogens with one attached hydrogen (secondary N) is 1. The third kappa shape index (κ3) is 48.7. The van der Waals surface area contributed by atoms with Gasteiger partial charge in [0.25, 0.3) is 0 Å². The average molecular weight is 1120 g/mol. The molecule has 468 valence electrons. The molecule has 1 aliphatic rings. The van der Waals surface area contributed by atoms with Gasteiger partial charge in [0.2, 0.25) is 5.91 Å². The molecule has 1 aliphatic heterocycles. The van der Waals surface area contributed by atoms with E-state index in [0.717, 1.165) is 44.9 Å². The van der Waals surface area contributed by atoms with Crippen molar-refractivity contribution >= 4 is 5.91 Å². The maximum absolute atomic E-state index is 13.1. The molecule has 7 atom stereocenters. The number of allylic oxidation sites excluding steroid dienone is 4. The highest BCUT2D eigenvalue weighted by molar-refractivity contribution is 5.76. The molecule has 9 nitrogen and oxygen atoms in total. The van der Waals surface area contributed by atoms with Crippen LogP contribution in [0.3, 0.4) is 0 Å². The number of amides is 1. The smallest absolute Gasteiger partial charge is 0.220 e. The highest BCUT2D eigenvalue weighted by Crippen LogP contribution is 2.24. The molecule has 0 aromatic heterocycles. The lowest BCUT2D eigenvalue weighted by molar-refractivity contribution is -0.302. The van der Waals surface area contributed by atoms with Crippen molar-refractivity contribution in [2.45, 2.75) is 403 Å². The fourth-order valence-electron chi connectivity index (χ4n) is 11.6. The van der Waals surface area contributed by atoms with Crippen molar-refractivity contribution in [3.05, 3.63) is 24.3 Å². The molecule has 0 bridgehead atoms. The van der Waals surface area contributed by atoms with Crippen LogP contribution in [0.15, 0.2) is 24.3 Å². The molecule has 1 saturated heterocycles. The Labute approximate surface area is 489 Å². The maximum Gasteiger partial charge on any atom is 0.220 e. The zero-order valence-corrected chi connectivity index (χ0v) is 52.4. The van der Waals surface area contributed by atoms with E-state index < -0.39 is 49.5 Å². The fourth-order valence-corrected chi connectivity index (χ4v) is 11.6. The molecule has 0 aromatic rings. The molecular formula is C70H135NO8. The lowest BCUT2D eigenvalue weighted by atomic mass is 9.99. The Balaban J connectivity index is 2.10. The molecule has 1 rings (SSSR count). The first-order chi connectivity index (χ1) is 38.8. The van der Waals surface area contributed by atoms with Crippen molar-refractivity contribution < 1.29 is 39.8 Å². The summed E-state index contributed by atoms with van der Waals surface area (Å²) in [6.45, 7) is 3.88. The van der Waals surface area contributed by atoms with E-state index in [0.29, 0.717) is 12.8 Å². The fraction of sp³-hybridized carbons (Fsp3) is 0.929. The maximum atomic E-state index is 13.1. The number of rotatable bonds is 62. The van der Waals surface area contributed by atoms with Gasteiger partial charge in [0, 0.05) is 6.42 Å². The van der Waals surface area contributed by atoms with Crippen LogP contribution >= 0.6 is 0 Å². The van der Waals surface area contributed by atoms with Crippen LogP contribution in [-0.4, -0.2) is 87.5 Å². The number of carbonyl (C=O) groups is 1. The summed E-state index contributed by atoms with van der Waals surface area (Å²) in [5.41, 5.74) is 0. The average Bonchev–Trinajstić information content (AvgIpc) is 3.47. The van der Waals surface area contributed by atoms with Gasteiger partial charge in [-0.3, -0.25) is 4.79 Å². The predicted molar refractivity (Wildman–Crippen MR) is 337 cm³/mol. The topological polar surface area (TPSA) is 149 Å². The second-order valence-corrected chi connectivity index (χ2v) is 24.7. The summed E-state index contributed by atoms with van der Waals surface area (Å²) >= 11 is 0. The third-order valence-electron chi connectivity index (χ3n) is 17.1. The predicted octanol–water partition coefficient (Wildman–Crippen LogP) is 18.9. The molecule has 0 radical (unpaired) electrons. The molecule has 1 amide bonds. The summed E-state index contributed by atoms with van der Waals surface area (Å²) in [7, 11) is 0. The Morgan fingerprint density at radius 3 is 1.09 bits per heavy atom. The third-order valence-corrected chi connectivity index (χ3v) is 17.1. The van der Waals surface area contributed by atoms with Crippen molar-refractivity contribution in [2.75, 3.05) is 13.2 Å². The zero-order valence-electron chi connectivity index (χ0n) is 52.4. The standard InChI is InChI=1S/C70H135NO8/c1-3-5-7-9-11-13-15-17-19-21-23-25-27-29-30-31-32-33-34-36-37-39-41-43-45-47-49-51-53-55-57-59-64(73)63(62-78-70-69(77)68(76)67(75)65(61-72)79-70)71-66(74)60-58-56-54-52-50-48-46-44-42-40-38-35-28-26-24-22-20-18-16-14-12-10-8-6-4-2/h16,18,22,24,63-65,67-70,72-73,75-77H,3-15,17,19-21,23,25-62H2,1-2H3,(H,71,74)/b18-16-,24-22-. The molecule has 9 heteroatoms. The van der Waals surface area contributed by atoms with Crippen LogP contribution in [0.1, 0.15) is 361 Å². The number of carbonyl (C=O) groups excluding carboxylic acids is 1. The Morgan fingerprint density at radius 2 is 0.747 bits per heavy atom. The molecule has 6 N–H and O–H groups in total. The minimum atomic E-state index is -1.55. The first kappa shape index (κ1) is 75.7. The van der Waals surface area contributed by atoms with Gasteiger partial charge in [0.1, 0.15) is 24.4 Å². The number of aliphatic hydroxyl groups is 5. The van der Waals surface area contributed by atoms with Gasteiger partial charge in [0.15, 0.2) is 6.29 Å². The summed E-state index contributed by atoms with van der Waals surface area (Å²) in [6, 6.07) is -0.720. The molecule has 1 heterocycles. The van der Waals surface area contributed by atoms with E-state index in [-0.39, 0.29) is 12.5 Å². The molecule has 0 aliphatic carbocycles. The summed E-state index contributed by atoms with van der Waals surface area (Å²) in [6.07, 6.45) is 71.0. The molecule has 0 aromatic carbocycles. The van der Waals surface area contributed by atoms with Crippen molar-refractivity contribution in [1.82, 2.24) is 5.32 Å². The van der Waals surface area contributed by atoms with Gasteiger partial charge < -0.3 is 40.3 Å². The van der Waals surface area contributed by atoms with E-state index in [1.807, 2.05) is 0 Å². The Morgan fingerprint density at radius 1 is 0.430 bits per heavy atom. The van der Waals surface area contributed by atoms with Gasteiger partial charge in [-0.25, -0.2) is 0 Å². The van der Waals surface area contributed by atoms with E-state index >= 15 is 0 Å². The molecular weight excluding hydrogens is 983 g/mol. The van der Waals surface area contributed by atoms with Gasteiger partial charge in [0.05, 0.1) is 25.4 Å². The van der Waals surface area contributed by atoms with Crippen LogP contribution in [0.2, 0.25) is 0 Å². The largest absolute Gasteiger partial charge is 0.394 e. The highest BCUT2D eigenvalue weighted by atomic mass is 16.7. The van der Waals surface area contributed by atoms with E-state index in [1.54, 1.807) is 0 Å².